The molecule has 0 aliphatic heterocycles. The van der Waals surface area contributed by atoms with Crippen LogP contribution in [-0.4, -0.2) is 21.9 Å². The van der Waals surface area contributed by atoms with Gasteiger partial charge < -0.3 is 0 Å². The van der Waals surface area contributed by atoms with Crippen LogP contribution in [0.4, 0.5) is 0 Å². The maximum Gasteiger partial charge on any atom is 0.281 e. The quantitative estimate of drug-likeness (QED) is 0.363. The van der Waals surface area contributed by atoms with E-state index in [0.717, 1.165) is 31.6 Å². The predicted molar refractivity (Wildman–Crippen MR) is 113 cm³/mol. The van der Waals surface area contributed by atoms with Gasteiger partial charge in [0.1, 0.15) is 4.83 Å². The van der Waals surface area contributed by atoms with Crippen molar-refractivity contribution in [3.05, 3.63) is 81.3 Å². The smallest absolute Gasteiger partial charge is 0.266 e. The summed E-state index contributed by atoms with van der Waals surface area (Å²) in [5, 5.41) is 9.62. The molecule has 0 radical (unpaired) electrons. The molecular weight excluding hydrogens is 424 g/mol. The SMILES string of the molecule is Cc1nn(-c2ccccc2)c2sc(C(=O)N/N=C/c3ccc(Br)cc3)cc12. The summed E-state index contributed by atoms with van der Waals surface area (Å²) < 4.78 is 2.87. The average Bonchev–Trinajstić information content (AvgIpc) is 3.25. The molecule has 0 spiro atoms. The fourth-order valence-electron chi connectivity index (χ4n) is 2.67. The van der Waals surface area contributed by atoms with Crippen molar-refractivity contribution in [3.8, 4) is 5.69 Å². The molecule has 0 aliphatic rings. The van der Waals surface area contributed by atoms with Crippen LogP contribution in [0.15, 0.2) is 70.2 Å². The van der Waals surface area contributed by atoms with Gasteiger partial charge in [-0.3, -0.25) is 4.79 Å². The zero-order valence-corrected chi connectivity index (χ0v) is 16.8. The fourth-order valence-corrected chi connectivity index (χ4v) is 4.01. The Kier molecular flexibility index (Phi) is 4.87. The zero-order chi connectivity index (χ0) is 18.8. The zero-order valence-electron chi connectivity index (χ0n) is 14.4. The second-order valence-corrected chi connectivity index (χ2v) is 7.86. The van der Waals surface area contributed by atoms with E-state index in [2.05, 4.69) is 31.6 Å². The molecule has 5 nitrogen and oxygen atoms in total. The Bertz CT molecular complexity index is 1130. The van der Waals surface area contributed by atoms with E-state index in [1.165, 1.54) is 11.3 Å². The number of hydrogen-bond acceptors (Lipinski definition) is 4. The molecule has 7 heteroatoms. The molecule has 27 heavy (non-hydrogen) atoms. The number of amides is 1. The number of nitrogens with zero attached hydrogens (tertiary/aromatic N) is 3. The van der Waals surface area contributed by atoms with Gasteiger partial charge in [0.05, 0.1) is 22.5 Å². The molecule has 0 saturated carbocycles. The van der Waals surface area contributed by atoms with Gasteiger partial charge in [-0.15, -0.1) is 11.3 Å². The Morgan fingerprint density at radius 1 is 1.19 bits per heavy atom. The number of thiophene rings is 1. The standard InChI is InChI=1S/C20H15BrN4OS/c1-13-17-11-18(19(26)23-22-12-14-7-9-15(21)10-8-14)27-20(17)25(24-13)16-5-3-2-4-6-16/h2-12H,1H3,(H,23,26)/b22-12+. The molecule has 2 heterocycles. The number of aromatic nitrogens is 2. The Hall–Kier alpha value is -2.77. The van der Waals surface area contributed by atoms with Crippen LogP contribution in [0.1, 0.15) is 20.9 Å². The summed E-state index contributed by atoms with van der Waals surface area (Å²) in [6.45, 7) is 1.95. The predicted octanol–water partition coefficient (Wildman–Crippen LogP) is 4.92. The lowest BCUT2D eigenvalue weighted by Crippen LogP contribution is -2.16. The molecule has 0 aliphatic carbocycles. The summed E-state index contributed by atoms with van der Waals surface area (Å²) in [5.41, 5.74) is 5.36. The summed E-state index contributed by atoms with van der Waals surface area (Å²) in [6.07, 6.45) is 1.62. The van der Waals surface area contributed by atoms with E-state index in [0.29, 0.717) is 4.88 Å². The normalized spacial score (nSPS) is 11.3. The van der Waals surface area contributed by atoms with Gasteiger partial charge in [-0.05, 0) is 42.8 Å². The van der Waals surface area contributed by atoms with Gasteiger partial charge in [0.25, 0.3) is 5.91 Å². The molecule has 1 N–H and O–H groups in total. The van der Waals surface area contributed by atoms with E-state index in [9.17, 15) is 4.79 Å². The van der Waals surface area contributed by atoms with Crippen molar-refractivity contribution in [2.75, 3.05) is 0 Å². The van der Waals surface area contributed by atoms with Crippen LogP contribution in [0.5, 0.6) is 0 Å². The summed E-state index contributed by atoms with van der Waals surface area (Å²) in [6, 6.07) is 19.4. The van der Waals surface area contributed by atoms with E-state index in [-0.39, 0.29) is 5.91 Å². The number of rotatable bonds is 4. The third-order valence-corrected chi connectivity index (χ3v) is 5.66. The Balaban J connectivity index is 1.57. The van der Waals surface area contributed by atoms with Crippen LogP contribution < -0.4 is 5.43 Å². The topological polar surface area (TPSA) is 59.3 Å². The van der Waals surface area contributed by atoms with E-state index < -0.39 is 0 Å². The second-order valence-electron chi connectivity index (χ2n) is 5.91. The van der Waals surface area contributed by atoms with Crippen molar-refractivity contribution in [3.63, 3.8) is 0 Å². The Labute approximate surface area is 168 Å². The van der Waals surface area contributed by atoms with E-state index in [1.807, 2.05) is 72.3 Å². The van der Waals surface area contributed by atoms with Crippen molar-refractivity contribution < 1.29 is 4.79 Å². The first-order valence-electron chi connectivity index (χ1n) is 8.25. The second kappa shape index (κ2) is 7.46. The average molecular weight is 439 g/mol. The first-order valence-corrected chi connectivity index (χ1v) is 9.86. The number of carbonyl (C=O) groups is 1. The molecule has 0 unspecified atom stereocenters. The van der Waals surface area contributed by atoms with Crippen molar-refractivity contribution in [2.45, 2.75) is 6.92 Å². The van der Waals surface area contributed by atoms with Crippen LogP contribution in [0, 0.1) is 6.92 Å². The number of hydrazone groups is 1. The summed E-state index contributed by atoms with van der Waals surface area (Å²) in [7, 11) is 0. The molecule has 0 atom stereocenters. The molecule has 4 aromatic rings. The lowest BCUT2D eigenvalue weighted by atomic mass is 10.2. The van der Waals surface area contributed by atoms with E-state index >= 15 is 0 Å². The van der Waals surface area contributed by atoms with Crippen LogP contribution >= 0.6 is 27.3 Å². The molecule has 134 valence electrons. The molecule has 2 aromatic carbocycles. The van der Waals surface area contributed by atoms with Gasteiger partial charge in [-0.25, -0.2) is 10.1 Å². The maximum absolute atomic E-state index is 12.5. The number of hydrogen-bond donors (Lipinski definition) is 1. The van der Waals surface area contributed by atoms with Gasteiger partial charge in [-0.2, -0.15) is 10.2 Å². The number of carbonyl (C=O) groups excluding carboxylic acids is 1. The highest BCUT2D eigenvalue weighted by atomic mass is 79.9. The monoisotopic (exact) mass is 438 g/mol. The highest BCUT2D eigenvalue weighted by Crippen LogP contribution is 2.30. The van der Waals surface area contributed by atoms with Gasteiger partial charge in [-0.1, -0.05) is 46.3 Å². The molecule has 0 saturated heterocycles. The summed E-state index contributed by atoms with van der Waals surface area (Å²) >= 11 is 4.79. The van der Waals surface area contributed by atoms with Crippen LogP contribution in [0.2, 0.25) is 0 Å². The largest absolute Gasteiger partial charge is 0.281 e. The van der Waals surface area contributed by atoms with Gasteiger partial charge >= 0.3 is 0 Å². The van der Waals surface area contributed by atoms with Crippen molar-refractivity contribution in [1.82, 2.24) is 15.2 Å². The molecular formula is C20H15BrN4OS. The lowest BCUT2D eigenvalue weighted by molar-refractivity contribution is 0.0959. The third kappa shape index (κ3) is 3.70. The lowest BCUT2D eigenvalue weighted by Gasteiger charge is -2.01. The number of halogens is 1. The molecule has 0 fully saturated rings. The van der Waals surface area contributed by atoms with Gasteiger partial charge in [0, 0.05) is 9.86 Å². The first-order chi connectivity index (χ1) is 13.1. The van der Waals surface area contributed by atoms with Crippen LogP contribution in [0.25, 0.3) is 15.9 Å². The van der Waals surface area contributed by atoms with Gasteiger partial charge in [0.2, 0.25) is 0 Å². The number of para-hydroxylation sites is 1. The summed E-state index contributed by atoms with van der Waals surface area (Å²) in [4.78, 5) is 14.0. The van der Waals surface area contributed by atoms with Crippen LogP contribution in [-0.2, 0) is 0 Å². The van der Waals surface area contributed by atoms with Crippen molar-refractivity contribution in [2.24, 2.45) is 5.10 Å². The Morgan fingerprint density at radius 3 is 2.67 bits per heavy atom. The number of nitrogens with one attached hydrogen (secondary N) is 1. The maximum atomic E-state index is 12.5. The highest BCUT2D eigenvalue weighted by molar-refractivity contribution is 9.10. The fraction of sp³-hybridized carbons (Fsp3) is 0.0500. The molecule has 0 bridgehead atoms. The van der Waals surface area contributed by atoms with Crippen LogP contribution in [0.3, 0.4) is 0 Å². The molecule has 4 rings (SSSR count). The van der Waals surface area contributed by atoms with Crippen molar-refractivity contribution in [1.29, 1.82) is 0 Å². The van der Waals surface area contributed by atoms with Gasteiger partial charge in [0.15, 0.2) is 0 Å². The first kappa shape index (κ1) is 17.6. The summed E-state index contributed by atoms with van der Waals surface area (Å²) in [5.74, 6) is -0.233. The molecule has 1 amide bonds. The Morgan fingerprint density at radius 2 is 1.93 bits per heavy atom. The minimum Gasteiger partial charge on any atom is -0.266 e. The van der Waals surface area contributed by atoms with E-state index in [4.69, 9.17) is 0 Å². The number of aryl methyl sites for hydroxylation is 1. The van der Waals surface area contributed by atoms with Crippen molar-refractivity contribution >= 4 is 49.6 Å². The van der Waals surface area contributed by atoms with E-state index in [1.54, 1.807) is 6.21 Å². The number of benzene rings is 2. The third-order valence-electron chi connectivity index (χ3n) is 4.02. The number of fused-ring (bicyclic) bond motifs is 1. The minimum absolute atomic E-state index is 0.233. The molecule has 2 aromatic heterocycles. The minimum atomic E-state index is -0.233. The highest BCUT2D eigenvalue weighted by Gasteiger charge is 2.16.